The molecule has 0 aliphatic carbocycles. The largest absolute Gasteiger partial charge is 0.398 e. The molecule has 2 aromatic carbocycles. The first kappa shape index (κ1) is 13.0. The number of benzene rings is 2. The Labute approximate surface area is 121 Å². The summed E-state index contributed by atoms with van der Waals surface area (Å²) in [7, 11) is 0. The second-order valence-electron chi connectivity index (χ2n) is 5.68. The van der Waals surface area contributed by atoms with Gasteiger partial charge in [0, 0.05) is 24.5 Å². The van der Waals surface area contributed by atoms with Crippen LogP contribution in [0.4, 0.5) is 11.4 Å². The Hall–Kier alpha value is -1.96. The molecule has 0 unspecified atom stereocenters. The Morgan fingerprint density at radius 2 is 1.60 bits per heavy atom. The molecule has 0 bridgehead atoms. The minimum Gasteiger partial charge on any atom is -0.398 e. The van der Waals surface area contributed by atoms with E-state index >= 15 is 0 Å². The molecule has 0 saturated carbocycles. The van der Waals surface area contributed by atoms with Gasteiger partial charge in [-0.15, -0.1) is 0 Å². The monoisotopic (exact) mass is 266 g/mol. The van der Waals surface area contributed by atoms with Crippen molar-refractivity contribution in [1.29, 1.82) is 0 Å². The van der Waals surface area contributed by atoms with Gasteiger partial charge in [0.25, 0.3) is 0 Å². The third kappa shape index (κ3) is 2.51. The first-order chi connectivity index (χ1) is 9.75. The van der Waals surface area contributed by atoms with E-state index in [2.05, 4.69) is 48.2 Å². The van der Waals surface area contributed by atoms with Gasteiger partial charge in [0.15, 0.2) is 0 Å². The quantitative estimate of drug-likeness (QED) is 0.834. The standard InChI is InChI=1S/C18H22N2/c1-14-6-2-5-9-18(14)20-12-10-15(11-13-20)16-7-3-4-8-17(16)19/h2-9,15H,10-13,19H2,1H3. The molecule has 2 N–H and O–H groups in total. The molecular weight excluding hydrogens is 244 g/mol. The third-order valence-electron chi connectivity index (χ3n) is 4.39. The molecule has 0 amide bonds. The summed E-state index contributed by atoms with van der Waals surface area (Å²) in [5.41, 5.74) is 11.1. The normalized spacial score (nSPS) is 16.4. The van der Waals surface area contributed by atoms with Crippen LogP contribution in [0, 0.1) is 6.92 Å². The fourth-order valence-corrected chi connectivity index (χ4v) is 3.23. The average Bonchev–Trinajstić information content (AvgIpc) is 2.49. The van der Waals surface area contributed by atoms with Crippen LogP contribution in [0.3, 0.4) is 0 Å². The summed E-state index contributed by atoms with van der Waals surface area (Å²) in [6, 6.07) is 17.0. The van der Waals surface area contributed by atoms with Crippen LogP contribution in [0.15, 0.2) is 48.5 Å². The Kier molecular flexibility index (Phi) is 3.64. The van der Waals surface area contributed by atoms with E-state index < -0.39 is 0 Å². The summed E-state index contributed by atoms with van der Waals surface area (Å²) >= 11 is 0. The van der Waals surface area contributed by atoms with Crippen molar-refractivity contribution in [3.63, 3.8) is 0 Å². The molecule has 20 heavy (non-hydrogen) atoms. The molecule has 1 aliphatic heterocycles. The highest BCUT2D eigenvalue weighted by Crippen LogP contribution is 2.33. The molecule has 1 saturated heterocycles. The van der Waals surface area contributed by atoms with Gasteiger partial charge in [0.1, 0.15) is 0 Å². The average molecular weight is 266 g/mol. The van der Waals surface area contributed by atoms with E-state index in [0.29, 0.717) is 5.92 Å². The Morgan fingerprint density at radius 3 is 2.30 bits per heavy atom. The number of nitrogens with two attached hydrogens (primary N) is 1. The molecule has 1 fully saturated rings. The second-order valence-corrected chi connectivity index (χ2v) is 5.68. The number of nitrogen functional groups attached to an aromatic ring is 1. The summed E-state index contributed by atoms with van der Waals surface area (Å²) < 4.78 is 0. The molecule has 2 nitrogen and oxygen atoms in total. The maximum Gasteiger partial charge on any atom is 0.0395 e. The summed E-state index contributed by atoms with van der Waals surface area (Å²) in [6.45, 7) is 4.42. The van der Waals surface area contributed by atoms with E-state index in [4.69, 9.17) is 5.73 Å². The summed E-state index contributed by atoms with van der Waals surface area (Å²) in [4.78, 5) is 2.50. The van der Waals surface area contributed by atoms with Crippen LogP contribution in [0.1, 0.15) is 29.9 Å². The predicted molar refractivity (Wildman–Crippen MR) is 86.2 cm³/mol. The highest BCUT2D eigenvalue weighted by molar-refractivity contribution is 5.54. The lowest BCUT2D eigenvalue weighted by Gasteiger charge is -2.35. The van der Waals surface area contributed by atoms with Gasteiger partial charge in [-0.2, -0.15) is 0 Å². The van der Waals surface area contributed by atoms with Crippen molar-refractivity contribution in [2.24, 2.45) is 0 Å². The van der Waals surface area contributed by atoms with E-state index in [1.807, 2.05) is 12.1 Å². The Morgan fingerprint density at radius 1 is 0.950 bits per heavy atom. The lowest BCUT2D eigenvalue weighted by Crippen LogP contribution is -2.33. The van der Waals surface area contributed by atoms with Crippen LogP contribution in [-0.4, -0.2) is 13.1 Å². The number of rotatable bonds is 2. The summed E-state index contributed by atoms with van der Waals surface area (Å²) in [5.74, 6) is 0.608. The third-order valence-corrected chi connectivity index (χ3v) is 4.39. The molecule has 1 heterocycles. The first-order valence-electron chi connectivity index (χ1n) is 7.40. The maximum atomic E-state index is 6.11. The van der Waals surface area contributed by atoms with E-state index in [1.54, 1.807) is 0 Å². The van der Waals surface area contributed by atoms with Gasteiger partial charge in [-0.25, -0.2) is 0 Å². The minimum atomic E-state index is 0.608. The molecule has 0 aromatic heterocycles. The van der Waals surface area contributed by atoms with Crippen LogP contribution in [0.25, 0.3) is 0 Å². The zero-order valence-corrected chi connectivity index (χ0v) is 12.0. The second kappa shape index (κ2) is 5.58. The zero-order valence-electron chi connectivity index (χ0n) is 12.0. The number of para-hydroxylation sites is 2. The Balaban J connectivity index is 1.72. The molecule has 0 radical (unpaired) electrons. The van der Waals surface area contributed by atoms with Crippen molar-refractivity contribution < 1.29 is 0 Å². The SMILES string of the molecule is Cc1ccccc1N1CCC(c2ccccc2N)CC1. The molecule has 2 aromatic rings. The van der Waals surface area contributed by atoms with E-state index in [1.165, 1.54) is 29.7 Å². The number of piperidine rings is 1. The van der Waals surface area contributed by atoms with Gasteiger partial charge in [0.2, 0.25) is 0 Å². The van der Waals surface area contributed by atoms with E-state index in [-0.39, 0.29) is 0 Å². The Bertz CT molecular complexity index is 530. The van der Waals surface area contributed by atoms with Gasteiger partial charge in [-0.05, 0) is 48.9 Å². The maximum absolute atomic E-state index is 6.11. The van der Waals surface area contributed by atoms with Crippen molar-refractivity contribution in [3.8, 4) is 0 Å². The van der Waals surface area contributed by atoms with Gasteiger partial charge < -0.3 is 10.6 Å². The molecule has 3 rings (SSSR count). The van der Waals surface area contributed by atoms with Crippen LogP contribution >= 0.6 is 0 Å². The van der Waals surface area contributed by atoms with E-state index in [9.17, 15) is 0 Å². The number of hydrogen-bond acceptors (Lipinski definition) is 2. The summed E-state index contributed by atoms with van der Waals surface area (Å²) in [6.07, 6.45) is 2.37. The van der Waals surface area contributed by atoms with Gasteiger partial charge >= 0.3 is 0 Å². The first-order valence-corrected chi connectivity index (χ1v) is 7.40. The fraction of sp³-hybridized carbons (Fsp3) is 0.333. The topological polar surface area (TPSA) is 29.3 Å². The number of hydrogen-bond donors (Lipinski definition) is 1. The van der Waals surface area contributed by atoms with E-state index in [0.717, 1.165) is 18.8 Å². The van der Waals surface area contributed by atoms with Crippen LogP contribution in [-0.2, 0) is 0 Å². The van der Waals surface area contributed by atoms with Gasteiger partial charge in [-0.1, -0.05) is 36.4 Å². The van der Waals surface area contributed by atoms with Crippen LogP contribution in [0.2, 0.25) is 0 Å². The highest BCUT2D eigenvalue weighted by atomic mass is 15.1. The lowest BCUT2D eigenvalue weighted by molar-refractivity contribution is 0.506. The molecule has 0 atom stereocenters. The lowest BCUT2D eigenvalue weighted by atomic mass is 9.88. The van der Waals surface area contributed by atoms with Crippen molar-refractivity contribution >= 4 is 11.4 Å². The van der Waals surface area contributed by atoms with Gasteiger partial charge in [0.05, 0.1) is 0 Å². The van der Waals surface area contributed by atoms with Gasteiger partial charge in [-0.3, -0.25) is 0 Å². The molecular formula is C18H22N2. The number of anilines is 2. The smallest absolute Gasteiger partial charge is 0.0395 e. The van der Waals surface area contributed by atoms with Crippen molar-refractivity contribution in [3.05, 3.63) is 59.7 Å². The molecule has 104 valence electrons. The molecule has 2 heteroatoms. The molecule has 1 aliphatic rings. The van der Waals surface area contributed by atoms with Crippen molar-refractivity contribution in [1.82, 2.24) is 0 Å². The highest BCUT2D eigenvalue weighted by Gasteiger charge is 2.22. The van der Waals surface area contributed by atoms with Crippen molar-refractivity contribution in [2.45, 2.75) is 25.7 Å². The minimum absolute atomic E-state index is 0.608. The zero-order chi connectivity index (χ0) is 13.9. The fourth-order valence-electron chi connectivity index (χ4n) is 3.23. The number of nitrogens with zero attached hydrogens (tertiary/aromatic N) is 1. The number of aryl methyl sites for hydroxylation is 1. The predicted octanol–water partition coefficient (Wildman–Crippen LogP) is 3.96. The van der Waals surface area contributed by atoms with Crippen molar-refractivity contribution in [2.75, 3.05) is 23.7 Å². The summed E-state index contributed by atoms with van der Waals surface area (Å²) in [5, 5.41) is 0. The molecule has 0 spiro atoms. The van der Waals surface area contributed by atoms with Crippen LogP contribution in [0.5, 0.6) is 0 Å². The van der Waals surface area contributed by atoms with Crippen LogP contribution < -0.4 is 10.6 Å².